The summed E-state index contributed by atoms with van der Waals surface area (Å²) >= 11 is 0. The fourth-order valence-electron chi connectivity index (χ4n) is 3.21. The normalized spacial score (nSPS) is 18.5. The monoisotopic (exact) mass is 305 g/mol. The maximum atomic E-state index is 12.3. The van der Waals surface area contributed by atoms with Crippen molar-refractivity contribution in [1.82, 2.24) is 4.90 Å². The van der Waals surface area contributed by atoms with E-state index in [9.17, 15) is 4.79 Å². The lowest BCUT2D eigenvalue weighted by atomic mass is 10.1. The van der Waals surface area contributed by atoms with Crippen LogP contribution < -0.4 is 0 Å². The molecule has 2 heteroatoms. The minimum absolute atomic E-state index is 0.221. The van der Waals surface area contributed by atoms with Crippen LogP contribution in [0.2, 0.25) is 0 Å². The molecule has 1 fully saturated rings. The van der Waals surface area contributed by atoms with Crippen LogP contribution in [0.3, 0.4) is 0 Å². The van der Waals surface area contributed by atoms with Crippen molar-refractivity contribution in [1.29, 1.82) is 0 Å². The van der Waals surface area contributed by atoms with Crippen molar-refractivity contribution in [2.45, 2.75) is 31.8 Å². The van der Waals surface area contributed by atoms with E-state index in [0.29, 0.717) is 12.5 Å². The van der Waals surface area contributed by atoms with Gasteiger partial charge in [0.15, 0.2) is 5.78 Å². The van der Waals surface area contributed by atoms with Crippen LogP contribution in [-0.4, -0.2) is 23.3 Å². The van der Waals surface area contributed by atoms with Gasteiger partial charge in [0.05, 0.1) is 0 Å². The highest BCUT2D eigenvalue weighted by atomic mass is 16.1. The second kappa shape index (κ2) is 7.89. The number of likely N-dealkylation sites (tertiary alicyclic amines) is 1. The standard InChI is InChI=1S/C21H23NO/c23-21(14-13-18-8-3-1-4-9-18)16-20-12-7-15-22(20)17-19-10-5-2-6-11-19/h1-6,8-11,13-14,20H,7,12,15-17H2/b14-13+. The maximum Gasteiger partial charge on any atom is 0.157 e. The molecule has 0 N–H and O–H groups in total. The highest BCUT2D eigenvalue weighted by Crippen LogP contribution is 2.23. The quantitative estimate of drug-likeness (QED) is 0.741. The van der Waals surface area contributed by atoms with Gasteiger partial charge in [-0.25, -0.2) is 0 Å². The van der Waals surface area contributed by atoms with Crippen molar-refractivity contribution in [3.05, 3.63) is 77.9 Å². The molecule has 2 aromatic carbocycles. The van der Waals surface area contributed by atoms with E-state index < -0.39 is 0 Å². The molecule has 1 heterocycles. The number of nitrogens with zero attached hydrogens (tertiary/aromatic N) is 1. The van der Waals surface area contributed by atoms with Crippen LogP contribution >= 0.6 is 0 Å². The van der Waals surface area contributed by atoms with Crippen LogP contribution in [0, 0.1) is 0 Å². The number of ketones is 1. The van der Waals surface area contributed by atoms with E-state index in [0.717, 1.165) is 25.1 Å². The van der Waals surface area contributed by atoms with E-state index >= 15 is 0 Å². The minimum Gasteiger partial charge on any atom is -0.296 e. The summed E-state index contributed by atoms with van der Waals surface area (Å²) in [6.45, 7) is 2.04. The van der Waals surface area contributed by atoms with Crippen LogP contribution in [0.4, 0.5) is 0 Å². The van der Waals surface area contributed by atoms with Gasteiger partial charge < -0.3 is 0 Å². The van der Waals surface area contributed by atoms with Gasteiger partial charge in [-0.3, -0.25) is 9.69 Å². The Kier molecular flexibility index (Phi) is 5.38. The number of carbonyl (C=O) groups excluding carboxylic acids is 1. The molecule has 1 saturated heterocycles. The van der Waals surface area contributed by atoms with Crippen molar-refractivity contribution in [2.24, 2.45) is 0 Å². The van der Waals surface area contributed by atoms with Crippen LogP contribution in [0.5, 0.6) is 0 Å². The van der Waals surface area contributed by atoms with E-state index in [1.54, 1.807) is 6.08 Å². The Morgan fingerprint density at radius 2 is 1.74 bits per heavy atom. The zero-order chi connectivity index (χ0) is 15.9. The molecule has 1 aliphatic rings. The second-order valence-corrected chi connectivity index (χ2v) is 6.17. The summed E-state index contributed by atoms with van der Waals surface area (Å²) in [5.74, 6) is 0.221. The fraction of sp³-hybridized carbons (Fsp3) is 0.286. The molecule has 0 bridgehead atoms. The van der Waals surface area contributed by atoms with Gasteiger partial charge in [-0.2, -0.15) is 0 Å². The predicted octanol–water partition coefficient (Wildman–Crippen LogP) is 4.32. The van der Waals surface area contributed by atoms with Gasteiger partial charge in [-0.1, -0.05) is 66.7 Å². The summed E-state index contributed by atoms with van der Waals surface area (Å²) in [5.41, 5.74) is 2.40. The first-order valence-corrected chi connectivity index (χ1v) is 8.35. The fourth-order valence-corrected chi connectivity index (χ4v) is 3.21. The SMILES string of the molecule is O=C(/C=C/c1ccccc1)CC1CCCN1Cc1ccccc1. The third kappa shape index (κ3) is 4.64. The van der Waals surface area contributed by atoms with E-state index in [4.69, 9.17) is 0 Å². The molecule has 0 spiro atoms. The zero-order valence-corrected chi connectivity index (χ0v) is 13.4. The number of allylic oxidation sites excluding steroid dienone is 1. The summed E-state index contributed by atoms with van der Waals surface area (Å²) in [6, 6.07) is 20.9. The Morgan fingerprint density at radius 3 is 2.48 bits per heavy atom. The van der Waals surface area contributed by atoms with Gasteiger partial charge in [-0.05, 0) is 36.6 Å². The molecule has 1 aliphatic heterocycles. The van der Waals surface area contributed by atoms with E-state index in [2.05, 4.69) is 29.2 Å². The summed E-state index contributed by atoms with van der Waals surface area (Å²) in [4.78, 5) is 14.7. The molecule has 0 radical (unpaired) electrons. The average Bonchev–Trinajstić information content (AvgIpc) is 3.02. The molecule has 0 aliphatic carbocycles. The Labute approximate surface area is 138 Å². The number of benzene rings is 2. The highest BCUT2D eigenvalue weighted by molar-refractivity contribution is 5.93. The minimum atomic E-state index is 0.221. The summed E-state index contributed by atoms with van der Waals surface area (Å²) in [6.07, 6.45) is 6.58. The molecular weight excluding hydrogens is 282 g/mol. The summed E-state index contributed by atoms with van der Waals surface area (Å²) in [5, 5.41) is 0. The molecule has 2 nitrogen and oxygen atoms in total. The highest BCUT2D eigenvalue weighted by Gasteiger charge is 2.25. The molecule has 0 saturated carbocycles. The van der Waals surface area contributed by atoms with Crippen LogP contribution in [0.15, 0.2) is 66.7 Å². The lowest BCUT2D eigenvalue weighted by molar-refractivity contribution is -0.115. The number of hydrogen-bond acceptors (Lipinski definition) is 2. The number of hydrogen-bond donors (Lipinski definition) is 0. The van der Waals surface area contributed by atoms with Crippen molar-refractivity contribution in [3.63, 3.8) is 0 Å². The molecule has 23 heavy (non-hydrogen) atoms. The summed E-state index contributed by atoms with van der Waals surface area (Å²) in [7, 11) is 0. The van der Waals surface area contributed by atoms with Crippen LogP contribution in [0.1, 0.15) is 30.4 Å². The van der Waals surface area contributed by atoms with Crippen molar-refractivity contribution in [3.8, 4) is 0 Å². The van der Waals surface area contributed by atoms with Crippen LogP contribution in [0.25, 0.3) is 6.08 Å². The zero-order valence-electron chi connectivity index (χ0n) is 13.4. The Morgan fingerprint density at radius 1 is 1.04 bits per heavy atom. The largest absolute Gasteiger partial charge is 0.296 e. The van der Waals surface area contributed by atoms with Gasteiger partial charge in [0, 0.05) is 19.0 Å². The Hall–Kier alpha value is -2.19. The molecule has 0 amide bonds. The van der Waals surface area contributed by atoms with Crippen molar-refractivity contribution >= 4 is 11.9 Å². The molecule has 1 unspecified atom stereocenters. The lowest BCUT2D eigenvalue weighted by Gasteiger charge is -2.23. The smallest absolute Gasteiger partial charge is 0.157 e. The molecule has 3 rings (SSSR count). The maximum absolute atomic E-state index is 12.3. The number of carbonyl (C=O) groups is 1. The second-order valence-electron chi connectivity index (χ2n) is 6.17. The third-order valence-electron chi connectivity index (χ3n) is 4.43. The van der Waals surface area contributed by atoms with Crippen molar-refractivity contribution < 1.29 is 4.79 Å². The van der Waals surface area contributed by atoms with Gasteiger partial charge in [0.25, 0.3) is 0 Å². The number of rotatable bonds is 6. The topological polar surface area (TPSA) is 20.3 Å². The summed E-state index contributed by atoms with van der Waals surface area (Å²) < 4.78 is 0. The van der Waals surface area contributed by atoms with Gasteiger partial charge >= 0.3 is 0 Å². The van der Waals surface area contributed by atoms with Gasteiger partial charge in [-0.15, -0.1) is 0 Å². The average molecular weight is 305 g/mol. The van der Waals surface area contributed by atoms with Crippen molar-refractivity contribution in [2.75, 3.05) is 6.54 Å². The third-order valence-corrected chi connectivity index (χ3v) is 4.43. The van der Waals surface area contributed by atoms with E-state index in [1.165, 1.54) is 12.0 Å². The van der Waals surface area contributed by atoms with Gasteiger partial charge in [0.2, 0.25) is 0 Å². The first-order chi connectivity index (χ1) is 11.3. The first-order valence-electron chi connectivity index (χ1n) is 8.35. The first kappa shape index (κ1) is 15.7. The Balaban J connectivity index is 1.56. The van der Waals surface area contributed by atoms with E-state index in [-0.39, 0.29) is 5.78 Å². The van der Waals surface area contributed by atoms with E-state index in [1.807, 2.05) is 42.5 Å². The predicted molar refractivity (Wildman–Crippen MR) is 95.0 cm³/mol. The Bertz CT molecular complexity index is 648. The molecule has 2 aromatic rings. The molecule has 118 valence electrons. The van der Waals surface area contributed by atoms with Gasteiger partial charge in [0.1, 0.15) is 0 Å². The van der Waals surface area contributed by atoms with Crippen LogP contribution in [-0.2, 0) is 11.3 Å². The lowest BCUT2D eigenvalue weighted by Crippen LogP contribution is -2.30. The molecule has 0 aromatic heterocycles. The molecular formula is C21H23NO. The molecule has 1 atom stereocenters.